The molecular formula is C28H37N5O5. The van der Waals surface area contributed by atoms with Crippen LogP contribution in [0.3, 0.4) is 0 Å². The topological polar surface area (TPSA) is 108 Å². The summed E-state index contributed by atoms with van der Waals surface area (Å²) < 4.78 is 18.5. The molecule has 0 spiro atoms. The molecule has 1 aliphatic rings. The Kier molecular flexibility index (Phi) is 8.51. The molecular weight excluding hydrogens is 486 g/mol. The zero-order chi connectivity index (χ0) is 27.3. The fourth-order valence-electron chi connectivity index (χ4n) is 4.60. The summed E-state index contributed by atoms with van der Waals surface area (Å²) in [4.78, 5) is 29.7. The molecule has 0 aliphatic carbocycles. The second-order valence-electron chi connectivity index (χ2n) is 10.2. The minimum absolute atomic E-state index is 0.0767. The van der Waals surface area contributed by atoms with Crippen LogP contribution in [-0.2, 0) is 20.9 Å². The van der Waals surface area contributed by atoms with Gasteiger partial charge in [0.25, 0.3) is 0 Å². The molecule has 0 saturated carbocycles. The highest BCUT2D eigenvalue weighted by Gasteiger charge is 2.38. The normalized spacial score (nSPS) is 16.3. The van der Waals surface area contributed by atoms with Gasteiger partial charge in [0.05, 0.1) is 25.8 Å². The number of benzene rings is 2. The molecule has 1 aliphatic heterocycles. The fraction of sp³-hybridized carbons (Fsp3) is 0.500. The molecule has 4 rings (SSSR count). The van der Waals surface area contributed by atoms with E-state index < -0.39 is 11.6 Å². The summed E-state index contributed by atoms with van der Waals surface area (Å²) in [6.07, 6.45) is 2.26. The number of carbonyl (C=O) groups is 2. The van der Waals surface area contributed by atoms with Crippen molar-refractivity contribution in [1.82, 2.24) is 25.2 Å². The number of amides is 2. The van der Waals surface area contributed by atoms with E-state index in [1.807, 2.05) is 45.0 Å². The molecule has 0 radical (unpaired) electrons. The van der Waals surface area contributed by atoms with Gasteiger partial charge < -0.3 is 24.4 Å². The molecule has 2 aromatic carbocycles. The van der Waals surface area contributed by atoms with Gasteiger partial charge in [-0.15, -0.1) is 5.10 Å². The maximum Gasteiger partial charge on any atom is 0.248 e. The van der Waals surface area contributed by atoms with Gasteiger partial charge in [0.1, 0.15) is 29.6 Å². The van der Waals surface area contributed by atoms with Crippen molar-refractivity contribution in [2.75, 3.05) is 27.4 Å². The zero-order valence-electron chi connectivity index (χ0n) is 22.8. The van der Waals surface area contributed by atoms with Crippen molar-refractivity contribution in [2.45, 2.75) is 64.3 Å². The molecule has 2 heterocycles. The predicted molar refractivity (Wildman–Crippen MR) is 143 cm³/mol. The Morgan fingerprint density at radius 2 is 2.00 bits per heavy atom. The first-order valence-corrected chi connectivity index (χ1v) is 13.0. The molecule has 1 saturated heterocycles. The number of rotatable bonds is 11. The average Bonchev–Trinajstić information content (AvgIpc) is 3.58. The number of methoxy groups -OCH3 is 2. The number of fused-ring (bicyclic) bond motifs is 1. The number of hydrogen-bond donors (Lipinski definition) is 1. The first-order valence-electron chi connectivity index (χ1n) is 13.0. The second-order valence-corrected chi connectivity index (χ2v) is 10.2. The molecule has 1 N–H and O–H groups in total. The second kappa shape index (κ2) is 11.8. The zero-order valence-corrected chi connectivity index (χ0v) is 22.8. The molecule has 10 nitrogen and oxygen atoms in total. The number of nitrogens with one attached hydrogen (secondary N) is 1. The largest absolute Gasteiger partial charge is 0.497 e. The molecule has 1 fully saturated rings. The summed E-state index contributed by atoms with van der Waals surface area (Å²) in [7, 11) is 3.11. The van der Waals surface area contributed by atoms with Gasteiger partial charge in [-0.2, -0.15) is 0 Å². The maximum atomic E-state index is 14.1. The van der Waals surface area contributed by atoms with Gasteiger partial charge >= 0.3 is 0 Å². The van der Waals surface area contributed by atoms with E-state index in [0.717, 1.165) is 24.8 Å². The highest BCUT2D eigenvalue weighted by Crippen LogP contribution is 2.35. The van der Waals surface area contributed by atoms with E-state index in [-0.39, 0.29) is 31.0 Å². The summed E-state index contributed by atoms with van der Waals surface area (Å²) in [5.41, 5.74) is 1.53. The van der Waals surface area contributed by atoms with Crippen molar-refractivity contribution in [1.29, 1.82) is 0 Å². The third-order valence-electron chi connectivity index (χ3n) is 7.09. The highest BCUT2D eigenvalue weighted by atomic mass is 16.5. The summed E-state index contributed by atoms with van der Waals surface area (Å²) in [6, 6.07) is 11.8. The van der Waals surface area contributed by atoms with E-state index in [1.54, 1.807) is 34.9 Å². The van der Waals surface area contributed by atoms with Crippen molar-refractivity contribution in [3.05, 3.63) is 48.0 Å². The number of carbonyl (C=O) groups excluding carboxylic acids is 2. The Bertz CT molecular complexity index is 1270. The van der Waals surface area contributed by atoms with Crippen LogP contribution in [0.2, 0.25) is 0 Å². The Morgan fingerprint density at radius 1 is 1.21 bits per heavy atom. The van der Waals surface area contributed by atoms with Gasteiger partial charge in [0.2, 0.25) is 11.8 Å². The lowest BCUT2D eigenvalue weighted by Gasteiger charge is -2.36. The fourth-order valence-corrected chi connectivity index (χ4v) is 4.60. The monoisotopic (exact) mass is 523 g/mol. The number of hydrogen-bond acceptors (Lipinski definition) is 7. The third kappa shape index (κ3) is 6.07. The van der Waals surface area contributed by atoms with E-state index in [2.05, 4.69) is 15.6 Å². The van der Waals surface area contributed by atoms with Crippen LogP contribution >= 0.6 is 0 Å². The lowest BCUT2D eigenvalue weighted by atomic mass is 9.97. The van der Waals surface area contributed by atoms with E-state index >= 15 is 0 Å². The van der Waals surface area contributed by atoms with Crippen LogP contribution in [0.1, 0.15) is 51.6 Å². The molecule has 3 aromatic rings. The summed E-state index contributed by atoms with van der Waals surface area (Å²) in [5.74, 6) is 0.471. The molecule has 38 heavy (non-hydrogen) atoms. The summed E-state index contributed by atoms with van der Waals surface area (Å²) in [5, 5.41) is 11.5. The Hall–Kier alpha value is -3.66. The molecule has 0 unspecified atom stereocenters. The lowest BCUT2D eigenvalue weighted by molar-refractivity contribution is -0.144. The van der Waals surface area contributed by atoms with E-state index in [0.29, 0.717) is 29.2 Å². The Balaban J connectivity index is 1.78. The van der Waals surface area contributed by atoms with Gasteiger partial charge in [-0.25, -0.2) is 4.68 Å². The first kappa shape index (κ1) is 27.4. The van der Waals surface area contributed by atoms with Crippen molar-refractivity contribution >= 4 is 22.8 Å². The van der Waals surface area contributed by atoms with Crippen LogP contribution in [0, 0.1) is 0 Å². The number of para-hydroxylation sites is 1. The molecule has 2 atom stereocenters. The maximum absolute atomic E-state index is 14.1. The lowest BCUT2D eigenvalue weighted by Crippen LogP contribution is -2.52. The predicted octanol–water partition coefficient (Wildman–Crippen LogP) is 3.50. The summed E-state index contributed by atoms with van der Waals surface area (Å²) >= 11 is 0. The van der Waals surface area contributed by atoms with Gasteiger partial charge in [-0.05, 0) is 57.4 Å². The van der Waals surface area contributed by atoms with E-state index in [9.17, 15) is 9.59 Å². The molecule has 1 aromatic heterocycles. The van der Waals surface area contributed by atoms with Crippen LogP contribution in [0.5, 0.6) is 11.5 Å². The van der Waals surface area contributed by atoms with Gasteiger partial charge in [0, 0.05) is 30.3 Å². The van der Waals surface area contributed by atoms with Crippen LogP contribution in [0.15, 0.2) is 42.5 Å². The Labute approximate surface area is 223 Å². The van der Waals surface area contributed by atoms with Gasteiger partial charge in [-0.3, -0.25) is 9.59 Å². The van der Waals surface area contributed by atoms with Crippen LogP contribution in [-0.4, -0.2) is 70.7 Å². The van der Waals surface area contributed by atoms with Crippen LogP contribution in [0.4, 0.5) is 0 Å². The van der Waals surface area contributed by atoms with Crippen molar-refractivity contribution in [3.63, 3.8) is 0 Å². The van der Waals surface area contributed by atoms with Crippen molar-refractivity contribution in [2.24, 2.45) is 0 Å². The molecule has 0 bridgehead atoms. The van der Waals surface area contributed by atoms with Crippen molar-refractivity contribution in [3.8, 4) is 11.5 Å². The van der Waals surface area contributed by atoms with Crippen LogP contribution in [0.25, 0.3) is 11.0 Å². The van der Waals surface area contributed by atoms with Gasteiger partial charge in [-0.1, -0.05) is 24.3 Å². The molecule has 204 valence electrons. The quantitative estimate of drug-likeness (QED) is 0.410. The highest BCUT2D eigenvalue weighted by molar-refractivity contribution is 5.90. The van der Waals surface area contributed by atoms with Gasteiger partial charge in [0.15, 0.2) is 0 Å². The SMILES string of the molecule is CCC(C)(C)NC(=O)[C@H](c1ccc(OC)cc1OC)N(C[C@@H]1CCCO1)C(=O)Cn1nnc2ccccc21. The minimum Gasteiger partial charge on any atom is -0.497 e. The summed E-state index contributed by atoms with van der Waals surface area (Å²) in [6.45, 7) is 6.74. The number of ether oxygens (including phenoxy) is 3. The third-order valence-corrected chi connectivity index (χ3v) is 7.09. The smallest absolute Gasteiger partial charge is 0.248 e. The van der Waals surface area contributed by atoms with Crippen molar-refractivity contribution < 1.29 is 23.8 Å². The van der Waals surface area contributed by atoms with Crippen LogP contribution < -0.4 is 14.8 Å². The number of aromatic nitrogens is 3. The minimum atomic E-state index is -0.965. The Morgan fingerprint density at radius 3 is 2.68 bits per heavy atom. The van der Waals surface area contributed by atoms with E-state index in [1.165, 1.54) is 7.11 Å². The van der Waals surface area contributed by atoms with E-state index in [4.69, 9.17) is 14.2 Å². The number of nitrogens with zero attached hydrogens (tertiary/aromatic N) is 4. The molecule has 10 heteroatoms. The molecule has 2 amide bonds. The average molecular weight is 524 g/mol. The standard InChI is InChI=1S/C28H37N5O5/c1-6-28(2,3)29-27(35)26(21-14-13-19(36-4)16-24(21)37-5)32(17-20-10-9-15-38-20)25(34)18-33-23-12-8-7-11-22(23)30-31-33/h7-8,11-14,16,20,26H,6,9-10,15,17-18H2,1-5H3,(H,29,35)/t20-,26-/m0/s1. The first-order chi connectivity index (χ1) is 18.3.